The first kappa shape index (κ1) is 12.9. The summed E-state index contributed by atoms with van der Waals surface area (Å²) in [6.45, 7) is 0. The van der Waals surface area contributed by atoms with E-state index in [1.165, 1.54) is 12.1 Å². The third-order valence-electron chi connectivity index (χ3n) is 2.54. The molecule has 7 nitrogen and oxygen atoms in total. The van der Waals surface area contributed by atoms with Gasteiger partial charge in [-0.3, -0.25) is 14.2 Å². The van der Waals surface area contributed by atoms with Crippen LogP contribution in [-0.2, 0) is 9.30 Å². The summed E-state index contributed by atoms with van der Waals surface area (Å²) in [5.74, 6) is -3.44. The van der Waals surface area contributed by atoms with Crippen LogP contribution in [0.5, 0.6) is 0 Å². The fourth-order valence-corrected chi connectivity index (χ4v) is 2.59. The maximum Gasteiger partial charge on any atom is 0.375 e. The van der Waals surface area contributed by atoms with Gasteiger partial charge in [0.2, 0.25) is 5.97 Å². The van der Waals surface area contributed by atoms with Gasteiger partial charge in [0.25, 0.3) is 11.8 Å². The van der Waals surface area contributed by atoms with Gasteiger partial charge in [-0.2, -0.15) is 0 Å². The van der Waals surface area contributed by atoms with Gasteiger partial charge in [0.1, 0.15) is 0 Å². The number of ether oxygens (including phenoxy) is 1. The van der Waals surface area contributed by atoms with Gasteiger partial charge in [-0.1, -0.05) is 12.1 Å². The summed E-state index contributed by atoms with van der Waals surface area (Å²) in [5.41, 5.74) is 0.219. The molecule has 2 rings (SSSR count). The highest BCUT2D eigenvalue weighted by molar-refractivity contribution is 7.52. The fourth-order valence-electron chi connectivity index (χ4n) is 1.80. The van der Waals surface area contributed by atoms with E-state index in [2.05, 4.69) is 4.74 Å². The summed E-state index contributed by atoms with van der Waals surface area (Å²) in [4.78, 5) is 42.5. The molecule has 1 aliphatic rings. The fraction of sp³-hybridized carbons (Fsp3) is 0.200. The van der Waals surface area contributed by atoms with Crippen molar-refractivity contribution in [2.45, 2.75) is 5.97 Å². The minimum atomic E-state index is -4.77. The smallest absolute Gasteiger partial charge is 0.350 e. The molecule has 1 aliphatic heterocycles. The predicted octanol–water partition coefficient (Wildman–Crippen LogP) is 0.390. The number of hydrogen-bond acceptors (Lipinski definition) is 4. The first-order valence-electron chi connectivity index (χ1n) is 4.93. The average molecular weight is 271 g/mol. The lowest BCUT2D eigenvalue weighted by atomic mass is 10.1. The Hall–Kier alpha value is -1.53. The topological polar surface area (TPSA) is 104 Å². The molecule has 0 fully saturated rings. The van der Waals surface area contributed by atoms with Crippen molar-refractivity contribution in [3.05, 3.63) is 35.4 Å². The van der Waals surface area contributed by atoms with Crippen molar-refractivity contribution >= 4 is 19.4 Å². The number of imide groups is 1. The second-order valence-corrected chi connectivity index (χ2v) is 5.30. The van der Waals surface area contributed by atoms with Gasteiger partial charge in [0, 0.05) is 7.11 Å². The van der Waals surface area contributed by atoms with Gasteiger partial charge in [0.05, 0.1) is 11.1 Å². The van der Waals surface area contributed by atoms with Crippen LogP contribution in [0.3, 0.4) is 0 Å². The van der Waals surface area contributed by atoms with Gasteiger partial charge in [0.15, 0.2) is 0 Å². The predicted molar refractivity (Wildman–Crippen MR) is 59.8 cm³/mol. The Bertz CT molecular complexity index is 530. The average Bonchev–Trinajstić information content (AvgIpc) is 2.54. The van der Waals surface area contributed by atoms with E-state index in [0.717, 1.165) is 7.11 Å². The standard InChI is InChI=1S/C10H10NO6P/c1-17-10(18(14,15)16)11-8(12)6-4-2-3-5-7(6)9(11)13/h2-5,10H,1H3,(H2,14,15,16). The lowest BCUT2D eigenvalue weighted by Crippen LogP contribution is -2.40. The Morgan fingerprint density at radius 3 is 1.94 bits per heavy atom. The SMILES string of the molecule is COC(N1C(=O)c2ccccc2C1=O)P(=O)(O)O. The van der Waals surface area contributed by atoms with Crippen LogP contribution in [0.15, 0.2) is 24.3 Å². The molecule has 1 aromatic rings. The highest BCUT2D eigenvalue weighted by Crippen LogP contribution is 2.45. The van der Waals surface area contributed by atoms with E-state index in [1.54, 1.807) is 12.1 Å². The van der Waals surface area contributed by atoms with Crippen molar-refractivity contribution in [3.8, 4) is 0 Å². The zero-order chi connectivity index (χ0) is 13.5. The number of benzene rings is 1. The lowest BCUT2D eigenvalue weighted by molar-refractivity contribution is 0.0148. The van der Waals surface area contributed by atoms with Crippen LogP contribution >= 0.6 is 7.60 Å². The number of carbonyl (C=O) groups is 2. The molecule has 18 heavy (non-hydrogen) atoms. The minimum absolute atomic E-state index is 0.109. The van der Waals surface area contributed by atoms with Gasteiger partial charge in [-0.25, -0.2) is 4.90 Å². The van der Waals surface area contributed by atoms with Gasteiger partial charge in [-0.15, -0.1) is 0 Å². The summed E-state index contributed by atoms with van der Waals surface area (Å²) in [6, 6.07) is 5.96. The molecular formula is C10H10NO6P. The first-order valence-corrected chi connectivity index (χ1v) is 6.61. The molecular weight excluding hydrogens is 261 g/mol. The number of carbonyl (C=O) groups excluding carboxylic acids is 2. The third-order valence-corrected chi connectivity index (χ3v) is 3.56. The van der Waals surface area contributed by atoms with Crippen LogP contribution in [0.4, 0.5) is 0 Å². The Morgan fingerprint density at radius 2 is 1.61 bits per heavy atom. The Morgan fingerprint density at radius 1 is 1.17 bits per heavy atom. The molecule has 1 atom stereocenters. The Labute approximate surface area is 102 Å². The minimum Gasteiger partial charge on any atom is -0.350 e. The van der Waals surface area contributed by atoms with E-state index in [1.807, 2.05) is 0 Å². The maximum atomic E-state index is 11.9. The lowest BCUT2D eigenvalue weighted by Gasteiger charge is -2.24. The van der Waals surface area contributed by atoms with Crippen LogP contribution in [0.1, 0.15) is 20.7 Å². The second kappa shape index (κ2) is 4.29. The van der Waals surface area contributed by atoms with Gasteiger partial charge >= 0.3 is 7.60 Å². The molecule has 0 radical (unpaired) electrons. The molecule has 0 bridgehead atoms. The van der Waals surface area contributed by atoms with Crippen LogP contribution in [-0.4, -0.2) is 39.6 Å². The van der Waals surface area contributed by atoms with Crippen LogP contribution in [0.25, 0.3) is 0 Å². The summed E-state index contributed by atoms with van der Waals surface area (Å²) >= 11 is 0. The first-order chi connectivity index (χ1) is 8.38. The molecule has 0 saturated carbocycles. The third kappa shape index (κ3) is 1.87. The number of hydrogen-bond donors (Lipinski definition) is 2. The number of nitrogens with zero attached hydrogens (tertiary/aromatic N) is 1. The van der Waals surface area contributed by atoms with Crippen molar-refractivity contribution in [1.82, 2.24) is 4.90 Å². The molecule has 2 N–H and O–H groups in total. The molecule has 96 valence electrons. The van der Waals surface area contributed by atoms with Crippen molar-refractivity contribution in [3.63, 3.8) is 0 Å². The highest BCUT2D eigenvalue weighted by atomic mass is 31.2. The van der Waals surface area contributed by atoms with E-state index in [0.29, 0.717) is 4.90 Å². The Balaban J connectivity index is 2.48. The molecule has 0 saturated heterocycles. The summed E-state index contributed by atoms with van der Waals surface area (Å²) < 4.78 is 15.8. The van der Waals surface area contributed by atoms with E-state index in [4.69, 9.17) is 9.79 Å². The van der Waals surface area contributed by atoms with Gasteiger partial charge in [-0.05, 0) is 12.1 Å². The molecule has 0 spiro atoms. The van der Waals surface area contributed by atoms with Crippen molar-refractivity contribution < 1.29 is 28.7 Å². The normalized spacial score (nSPS) is 16.9. The Kier molecular flexibility index (Phi) is 3.08. The maximum absolute atomic E-state index is 11.9. The molecule has 8 heteroatoms. The van der Waals surface area contributed by atoms with Crippen molar-refractivity contribution in [2.24, 2.45) is 0 Å². The molecule has 0 aliphatic carbocycles. The molecule has 1 unspecified atom stereocenters. The van der Waals surface area contributed by atoms with E-state index in [9.17, 15) is 14.2 Å². The quantitative estimate of drug-likeness (QED) is 0.608. The zero-order valence-electron chi connectivity index (χ0n) is 9.31. The molecule has 0 aromatic heterocycles. The summed E-state index contributed by atoms with van der Waals surface area (Å²) in [5, 5.41) is 0. The van der Waals surface area contributed by atoms with Crippen molar-refractivity contribution in [2.75, 3.05) is 7.11 Å². The van der Waals surface area contributed by atoms with Gasteiger partial charge < -0.3 is 14.5 Å². The number of methoxy groups -OCH3 is 1. The zero-order valence-corrected chi connectivity index (χ0v) is 10.2. The largest absolute Gasteiger partial charge is 0.375 e. The second-order valence-electron chi connectivity index (χ2n) is 3.68. The highest BCUT2D eigenvalue weighted by Gasteiger charge is 2.47. The van der Waals surface area contributed by atoms with E-state index >= 15 is 0 Å². The van der Waals surface area contributed by atoms with Crippen LogP contribution in [0, 0.1) is 0 Å². The van der Waals surface area contributed by atoms with Crippen LogP contribution < -0.4 is 0 Å². The summed E-state index contributed by atoms with van der Waals surface area (Å²) in [7, 11) is -3.75. The number of rotatable bonds is 3. The molecule has 2 amide bonds. The van der Waals surface area contributed by atoms with E-state index < -0.39 is 25.4 Å². The monoisotopic (exact) mass is 271 g/mol. The molecule has 1 heterocycles. The molecule has 1 aromatic carbocycles. The number of fused-ring (bicyclic) bond motifs is 1. The van der Waals surface area contributed by atoms with E-state index in [-0.39, 0.29) is 11.1 Å². The van der Waals surface area contributed by atoms with Crippen molar-refractivity contribution in [1.29, 1.82) is 0 Å². The summed E-state index contributed by atoms with van der Waals surface area (Å²) in [6.07, 6.45) is 0. The van der Waals surface area contributed by atoms with Crippen LogP contribution in [0.2, 0.25) is 0 Å². The number of amides is 2.